The summed E-state index contributed by atoms with van der Waals surface area (Å²) in [7, 11) is 0. The Kier molecular flexibility index (Phi) is 1.49. The molecule has 0 aliphatic rings. The van der Waals surface area contributed by atoms with E-state index >= 15 is 0 Å². The van der Waals surface area contributed by atoms with Crippen LogP contribution in [0.3, 0.4) is 0 Å². The lowest BCUT2D eigenvalue weighted by Gasteiger charge is -1.90. The fraction of sp³-hybridized carbons (Fsp3) is 0. The van der Waals surface area contributed by atoms with Crippen molar-refractivity contribution in [3.8, 4) is 11.6 Å². The zero-order chi connectivity index (χ0) is 10.3. The van der Waals surface area contributed by atoms with E-state index in [2.05, 4.69) is 10.1 Å². The summed E-state index contributed by atoms with van der Waals surface area (Å²) in [4.78, 5) is 14.6. The van der Waals surface area contributed by atoms with Gasteiger partial charge in [-0.25, -0.2) is 9.38 Å². The van der Waals surface area contributed by atoms with Crippen molar-refractivity contribution in [1.82, 2.24) is 14.5 Å². The van der Waals surface area contributed by atoms with Crippen molar-refractivity contribution >= 4 is 12.1 Å². The number of furan rings is 1. The molecular weight excluding hydrogens is 198 g/mol. The molecule has 6 nitrogen and oxygen atoms in total. The molecule has 0 aromatic carbocycles. The zero-order valence-corrected chi connectivity index (χ0v) is 7.45. The van der Waals surface area contributed by atoms with Crippen molar-refractivity contribution in [3.63, 3.8) is 0 Å². The fourth-order valence-electron chi connectivity index (χ4n) is 1.39. The van der Waals surface area contributed by atoms with E-state index in [9.17, 15) is 4.79 Å². The summed E-state index contributed by atoms with van der Waals surface area (Å²) >= 11 is 0. The predicted octanol–water partition coefficient (Wildman–Crippen LogP) is 1.39. The number of aldehydes is 1. The van der Waals surface area contributed by atoms with Crippen LogP contribution in [0.25, 0.3) is 17.4 Å². The van der Waals surface area contributed by atoms with Crippen molar-refractivity contribution in [2.45, 2.75) is 0 Å². The van der Waals surface area contributed by atoms with Gasteiger partial charge in [0.25, 0.3) is 0 Å². The Morgan fingerprint density at radius 2 is 2.40 bits per heavy atom. The molecule has 0 amide bonds. The molecule has 0 N–H and O–H groups in total. The molecule has 74 valence electrons. The average molecular weight is 203 g/mol. The molecule has 3 aromatic heterocycles. The highest BCUT2D eigenvalue weighted by Crippen LogP contribution is 2.20. The predicted molar refractivity (Wildman–Crippen MR) is 48.3 cm³/mol. The summed E-state index contributed by atoms with van der Waals surface area (Å²) in [5.74, 6) is 1.22. The number of nitrogens with zero attached hydrogens (tertiary/aromatic N) is 3. The smallest absolute Gasteiger partial charge is 0.332 e. The molecule has 3 aromatic rings. The maximum Gasteiger partial charge on any atom is 0.332 e. The largest absolute Gasteiger partial charge is 0.461 e. The van der Waals surface area contributed by atoms with Crippen molar-refractivity contribution in [2.24, 2.45) is 0 Å². The van der Waals surface area contributed by atoms with Gasteiger partial charge in [0.1, 0.15) is 5.69 Å². The number of hydrogen-bond acceptors (Lipinski definition) is 5. The summed E-state index contributed by atoms with van der Waals surface area (Å²) in [6.07, 6.45) is 3.62. The Balaban J connectivity index is 2.35. The van der Waals surface area contributed by atoms with Crippen LogP contribution in [0, 0.1) is 0 Å². The van der Waals surface area contributed by atoms with Crippen LogP contribution in [0.15, 0.2) is 33.5 Å². The van der Waals surface area contributed by atoms with Crippen molar-refractivity contribution in [3.05, 3.63) is 30.3 Å². The van der Waals surface area contributed by atoms with Crippen molar-refractivity contribution < 1.29 is 13.7 Å². The molecule has 0 unspecified atom stereocenters. The lowest BCUT2D eigenvalue weighted by molar-refractivity contribution is 0.111. The van der Waals surface area contributed by atoms with E-state index in [0.29, 0.717) is 23.6 Å². The van der Waals surface area contributed by atoms with Gasteiger partial charge >= 0.3 is 5.84 Å². The summed E-state index contributed by atoms with van der Waals surface area (Å²) < 4.78 is 11.6. The van der Waals surface area contributed by atoms with E-state index in [4.69, 9.17) is 8.94 Å². The minimum atomic E-state index is 0.267. The van der Waals surface area contributed by atoms with Gasteiger partial charge in [0, 0.05) is 0 Å². The van der Waals surface area contributed by atoms with E-state index < -0.39 is 0 Å². The number of imidazole rings is 1. The Morgan fingerprint density at radius 3 is 3.13 bits per heavy atom. The fourth-order valence-corrected chi connectivity index (χ4v) is 1.39. The molecule has 0 spiro atoms. The van der Waals surface area contributed by atoms with Crippen LogP contribution in [0.4, 0.5) is 0 Å². The average Bonchev–Trinajstić information content (AvgIpc) is 2.94. The third kappa shape index (κ3) is 1.01. The summed E-state index contributed by atoms with van der Waals surface area (Å²) in [6, 6.07) is 3.46. The van der Waals surface area contributed by atoms with Gasteiger partial charge in [0.15, 0.2) is 12.0 Å². The molecule has 0 bridgehead atoms. The summed E-state index contributed by atoms with van der Waals surface area (Å²) in [5.41, 5.74) is 0.373. The SMILES string of the molecule is O=Cc1cnc2onc(-c3ccco3)n12. The van der Waals surface area contributed by atoms with Crippen LogP contribution in [0.1, 0.15) is 10.5 Å². The van der Waals surface area contributed by atoms with Crippen LogP contribution in [-0.4, -0.2) is 20.8 Å². The number of fused-ring (bicyclic) bond motifs is 1. The maximum atomic E-state index is 10.7. The second kappa shape index (κ2) is 2.81. The van der Waals surface area contributed by atoms with E-state index in [1.54, 1.807) is 12.1 Å². The van der Waals surface area contributed by atoms with Crippen LogP contribution in [-0.2, 0) is 0 Å². The Bertz CT molecular complexity index is 606. The van der Waals surface area contributed by atoms with Crippen LogP contribution >= 0.6 is 0 Å². The lowest BCUT2D eigenvalue weighted by Crippen LogP contribution is -1.91. The van der Waals surface area contributed by atoms with Gasteiger partial charge in [-0.3, -0.25) is 4.79 Å². The molecule has 0 aliphatic carbocycles. The molecule has 6 heteroatoms. The third-order valence-electron chi connectivity index (χ3n) is 2.04. The molecule has 3 heterocycles. The van der Waals surface area contributed by atoms with E-state index in [-0.39, 0.29) is 5.84 Å². The normalized spacial score (nSPS) is 10.9. The minimum absolute atomic E-state index is 0.267. The number of aromatic nitrogens is 3. The van der Waals surface area contributed by atoms with Crippen molar-refractivity contribution in [2.75, 3.05) is 0 Å². The molecule has 0 saturated carbocycles. The van der Waals surface area contributed by atoms with E-state index in [0.717, 1.165) is 0 Å². The molecule has 0 saturated heterocycles. The number of hydrogen-bond donors (Lipinski definition) is 0. The Morgan fingerprint density at radius 1 is 1.47 bits per heavy atom. The van der Waals surface area contributed by atoms with E-state index in [1.165, 1.54) is 16.9 Å². The molecule has 3 rings (SSSR count). The van der Waals surface area contributed by atoms with Crippen LogP contribution in [0.5, 0.6) is 0 Å². The first-order valence-electron chi connectivity index (χ1n) is 4.22. The molecule has 0 radical (unpaired) electrons. The first-order valence-corrected chi connectivity index (χ1v) is 4.22. The highest BCUT2D eigenvalue weighted by Gasteiger charge is 2.16. The topological polar surface area (TPSA) is 73.5 Å². The zero-order valence-electron chi connectivity index (χ0n) is 7.45. The van der Waals surface area contributed by atoms with Gasteiger partial charge in [-0.2, -0.15) is 0 Å². The minimum Gasteiger partial charge on any atom is -0.461 e. The first-order chi connectivity index (χ1) is 7.40. The van der Waals surface area contributed by atoms with Gasteiger partial charge in [0.2, 0.25) is 5.82 Å². The highest BCUT2D eigenvalue weighted by atomic mass is 16.5. The maximum absolute atomic E-state index is 10.7. The number of carbonyl (C=O) groups is 1. The molecule has 0 aliphatic heterocycles. The third-order valence-corrected chi connectivity index (χ3v) is 2.04. The Labute approximate surface area is 83.1 Å². The second-order valence-corrected chi connectivity index (χ2v) is 2.90. The summed E-state index contributed by atoms with van der Waals surface area (Å²) in [6.45, 7) is 0. The lowest BCUT2D eigenvalue weighted by atomic mass is 10.4. The molecule has 0 atom stereocenters. The van der Waals surface area contributed by atoms with Gasteiger partial charge < -0.3 is 8.94 Å². The molecule has 15 heavy (non-hydrogen) atoms. The summed E-state index contributed by atoms with van der Waals surface area (Å²) in [5, 5.41) is 3.78. The molecule has 0 fully saturated rings. The first kappa shape index (κ1) is 7.98. The van der Waals surface area contributed by atoms with Gasteiger partial charge in [0.05, 0.1) is 12.5 Å². The molecular formula is C9H5N3O3. The number of carbonyl (C=O) groups excluding carboxylic acids is 1. The van der Waals surface area contributed by atoms with Gasteiger partial charge in [-0.15, -0.1) is 0 Å². The van der Waals surface area contributed by atoms with Crippen molar-refractivity contribution in [1.29, 1.82) is 0 Å². The van der Waals surface area contributed by atoms with E-state index in [1.807, 2.05) is 0 Å². The Hall–Kier alpha value is -2.37. The second-order valence-electron chi connectivity index (χ2n) is 2.90. The standard InChI is InChI=1S/C9H5N3O3/c13-5-6-4-10-9-12(6)8(11-15-9)7-2-1-3-14-7/h1-5H. The van der Waals surface area contributed by atoms with Gasteiger partial charge in [-0.05, 0) is 12.1 Å². The van der Waals surface area contributed by atoms with Crippen LogP contribution < -0.4 is 0 Å². The monoisotopic (exact) mass is 203 g/mol. The number of rotatable bonds is 2. The van der Waals surface area contributed by atoms with Gasteiger partial charge in [-0.1, -0.05) is 5.16 Å². The highest BCUT2D eigenvalue weighted by molar-refractivity contribution is 5.74. The van der Waals surface area contributed by atoms with Crippen LogP contribution in [0.2, 0.25) is 0 Å². The quantitative estimate of drug-likeness (QED) is 0.588.